The van der Waals surface area contributed by atoms with Crippen LogP contribution in [-0.4, -0.2) is 25.2 Å². The van der Waals surface area contributed by atoms with Crippen LogP contribution in [0.1, 0.15) is 32.6 Å². The highest BCUT2D eigenvalue weighted by Gasteiger charge is 2.29. The van der Waals surface area contributed by atoms with E-state index in [1.54, 1.807) is 0 Å². The van der Waals surface area contributed by atoms with Gasteiger partial charge in [0.15, 0.2) is 6.79 Å². The quantitative estimate of drug-likeness (QED) is 0.297. The van der Waals surface area contributed by atoms with Gasteiger partial charge in [0, 0.05) is 13.0 Å². The van der Waals surface area contributed by atoms with Crippen molar-refractivity contribution < 1.29 is 19.1 Å². The summed E-state index contributed by atoms with van der Waals surface area (Å²) < 4.78 is 9.69. The van der Waals surface area contributed by atoms with Crippen LogP contribution in [-0.2, 0) is 19.1 Å². The summed E-state index contributed by atoms with van der Waals surface area (Å²) in [6, 6.07) is 0. The maximum absolute atomic E-state index is 11.4. The third kappa shape index (κ3) is 3.10. The summed E-state index contributed by atoms with van der Waals surface area (Å²) in [5.41, 5.74) is 0. The summed E-state index contributed by atoms with van der Waals surface area (Å²) in [6.45, 7) is 2.28. The fraction of sp³-hybridized carbons (Fsp3) is 0.800. The second kappa shape index (κ2) is 5.75. The second-order valence-electron chi connectivity index (χ2n) is 3.34. The minimum absolute atomic E-state index is 0.0118. The zero-order valence-corrected chi connectivity index (χ0v) is 8.45. The molecule has 0 aliphatic heterocycles. The molecule has 1 fully saturated rings. The number of Topliss-reactive ketones (excluding diaryl/α,β-unsaturated/α-hetero) is 1. The van der Waals surface area contributed by atoms with Crippen molar-refractivity contribution in [3.8, 4) is 0 Å². The van der Waals surface area contributed by atoms with Gasteiger partial charge in [-0.25, -0.2) is 0 Å². The van der Waals surface area contributed by atoms with Gasteiger partial charge in [-0.2, -0.15) is 0 Å². The third-order valence-corrected chi connectivity index (χ3v) is 2.33. The fourth-order valence-electron chi connectivity index (χ4n) is 1.52. The predicted octanol–water partition coefficient (Wildman–Crippen LogP) is 1.28. The first-order chi connectivity index (χ1) is 6.75. The molecule has 0 heterocycles. The van der Waals surface area contributed by atoms with Gasteiger partial charge in [0.05, 0.1) is 0 Å². The van der Waals surface area contributed by atoms with Crippen molar-refractivity contribution >= 4 is 11.8 Å². The van der Waals surface area contributed by atoms with Gasteiger partial charge >= 0.3 is 5.97 Å². The van der Waals surface area contributed by atoms with Crippen molar-refractivity contribution in [1.29, 1.82) is 0 Å². The van der Waals surface area contributed by atoms with E-state index in [4.69, 9.17) is 9.47 Å². The van der Waals surface area contributed by atoms with E-state index in [2.05, 4.69) is 0 Å². The maximum Gasteiger partial charge on any atom is 0.318 e. The van der Waals surface area contributed by atoms with E-state index in [-0.39, 0.29) is 12.6 Å². The Morgan fingerprint density at radius 1 is 1.50 bits per heavy atom. The summed E-state index contributed by atoms with van der Waals surface area (Å²) in [6.07, 6.45) is 2.96. The van der Waals surface area contributed by atoms with Gasteiger partial charge in [-0.05, 0) is 19.8 Å². The molecule has 1 rings (SSSR count). The average molecular weight is 200 g/mol. The predicted molar refractivity (Wildman–Crippen MR) is 49.6 cm³/mol. The normalized spacial score (nSPS) is 22.1. The first-order valence-electron chi connectivity index (χ1n) is 5.02. The Balaban J connectivity index is 2.31. The molecule has 1 saturated carbocycles. The number of esters is 1. The lowest BCUT2D eigenvalue weighted by Gasteiger charge is -2.18. The van der Waals surface area contributed by atoms with Crippen LogP contribution in [0.3, 0.4) is 0 Å². The van der Waals surface area contributed by atoms with Crippen LogP contribution in [0.4, 0.5) is 0 Å². The molecule has 0 aromatic rings. The molecule has 0 aromatic carbocycles. The van der Waals surface area contributed by atoms with E-state index in [1.807, 2.05) is 6.92 Å². The van der Waals surface area contributed by atoms with Gasteiger partial charge in [-0.3, -0.25) is 9.59 Å². The third-order valence-electron chi connectivity index (χ3n) is 2.33. The zero-order valence-electron chi connectivity index (χ0n) is 8.45. The first kappa shape index (κ1) is 11.2. The van der Waals surface area contributed by atoms with Crippen LogP contribution >= 0.6 is 0 Å². The Kier molecular flexibility index (Phi) is 4.59. The van der Waals surface area contributed by atoms with Crippen LogP contribution in [0, 0.1) is 5.92 Å². The minimum atomic E-state index is -0.538. The van der Waals surface area contributed by atoms with Crippen molar-refractivity contribution in [2.45, 2.75) is 32.6 Å². The summed E-state index contributed by atoms with van der Waals surface area (Å²) in [5, 5.41) is 0. The Bertz CT molecular complexity index is 212. The Hall–Kier alpha value is -0.900. The van der Waals surface area contributed by atoms with Crippen molar-refractivity contribution in [1.82, 2.24) is 0 Å². The van der Waals surface area contributed by atoms with Crippen LogP contribution in [0.2, 0.25) is 0 Å². The SMILES string of the molecule is CCOCOC(=O)C1CCCCC1=O. The zero-order chi connectivity index (χ0) is 10.4. The summed E-state index contributed by atoms with van der Waals surface area (Å²) >= 11 is 0. The molecule has 4 heteroatoms. The molecule has 80 valence electrons. The van der Waals surface area contributed by atoms with Crippen LogP contribution in [0.5, 0.6) is 0 Å². The number of carbonyl (C=O) groups excluding carboxylic acids is 2. The number of rotatable bonds is 4. The highest BCUT2D eigenvalue weighted by molar-refractivity contribution is 5.99. The standard InChI is InChI=1S/C10H16O4/c1-2-13-7-14-10(12)8-5-3-4-6-9(8)11/h8H,2-7H2,1H3. The summed E-state index contributed by atoms with van der Waals surface area (Å²) in [5.74, 6) is -0.954. The maximum atomic E-state index is 11.4. The molecule has 0 amide bonds. The Morgan fingerprint density at radius 2 is 2.29 bits per heavy atom. The van der Waals surface area contributed by atoms with Crippen molar-refractivity contribution in [2.75, 3.05) is 13.4 Å². The van der Waals surface area contributed by atoms with E-state index < -0.39 is 11.9 Å². The van der Waals surface area contributed by atoms with Crippen molar-refractivity contribution in [2.24, 2.45) is 5.92 Å². The number of hydrogen-bond donors (Lipinski definition) is 0. The number of ketones is 1. The highest BCUT2D eigenvalue weighted by atomic mass is 16.7. The van der Waals surface area contributed by atoms with Crippen LogP contribution < -0.4 is 0 Å². The van der Waals surface area contributed by atoms with E-state index in [0.717, 1.165) is 12.8 Å². The number of hydrogen-bond acceptors (Lipinski definition) is 4. The first-order valence-corrected chi connectivity index (χ1v) is 5.02. The minimum Gasteiger partial charge on any atom is -0.438 e. The van der Waals surface area contributed by atoms with Gasteiger partial charge in [-0.1, -0.05) is 6.42 Å². The molecule has 0 bridgehead atoms. The monoisotopic (exact) mass is 200 g/mol. The fourth-order valence-corrected chi connectivity index (χ4v) is 1.52. The molecule has 1 aliphatic rings. The Morgan fingerprint density at radius 3 is 2.93 bits per heavy atom. The van der Waals surface area contributed by atoms with Crippen molar-refractivity contribution in [3.63, 3.8) is 0 Å². The molecule has 1 unspecified atom stereocenters. The van der Waals surface area contributed by atoms with Gasteiger partial charge in [0.1, 0.15) is 11.7 Å². The number of carbonyl (C=O) groups is 2. The van der Waals surface area contributed by atoms with Crippen molar-refractivity contribution in [3.05, 3.63) is 0 Å². The molecule has 0 aromatic heterocycles. The molecule has 0 saturated heterocycles. The lowest BCUT2D eigenvalue weighted by atomic mass is 9.88. The average Bonchev–Trinajstić information content (AvgIpc) is 2.18. The molecule has 14 heavy (non-hydrogen) atoms. The van der Waals surface area contributed by atoms with Gasteiger partial charge in [0.2, 0.25) is 0 Å². The van der Waals surface area contributed by atoms with E-state index in [1.165, 1.54) is 0 Å². The highest BCUT2D eigenvalue weighted by Crippen LogP contribution is 2.21. The smallest absolute Gasteiger partial charge is 0.318 e. The summed E-state index contributed by atoms with van der Waals surface area (Å²) in [7, 11) is 0. The van der Waals surface area contributed by atoms with Gasteiger partial charge in [-0.15, -0.1) is 0 Å². The molecule has 0 N–H and O–H groups in total. The van der Waals surface area contributed by atoms with E-state index in [9.17, 15) is 9.59 Å². The largest absolute Gasteiger partial charge is 0.438 e. The van der Waals surface area contributed by atoms with Crippen LogP contribution in [0.15, 0.2) is 0 Å². The summed E-state index contributed by atoms with van der Waals surface area (Å²) in [4.78, 5) is 22.7. The molecule has 1 aliphatic carbocycles. The lowest BCUT2D eigenvalue weighted by molar-refractivity contribution is -0.163. The van der Waals surface area contributed by atoms with Gasteiger partial charge in [0.25, 0.3) is 0 Å². The lowest BCUT2D eigenvalue weighted by Crippen LogP contribution is -2.29. The molecule has 0 spiro atoms. The van der Waals surface area contributed by atoms with Gasteiger partial charge < -0.3 is 9.47 Å². The van der Waals surface area contributed by atoms with E-state index >= 15 is 0 Å². The topological polar surface area (TPSA) is 52.6 Å². The second-order valence-corrected chi connectivity index (χ2v) is 3.34. The molecule has 0 radical (unpaired) electrons. The van der Waals surface area contributed by atoms with Crippen LogP contribution in [0.25, 0.3) is 0 Å². The molecular weight excluding hydrogens is 184 g/mol. The Labute approximate surface area is 83.6 Å². The molecule has 4 nitrogen and oxygen atoms in total. The molecule has 1 atom stereocenters. The van der Waals surface area contributed by atoms with E-state index in [0.29, 0.717) is 19.4 Å². The number of ether oxygens (including phenoxy) is 2. The molecular formula is C10H16O4.